The number of carbonyl (C=O) groups is 2. The third-order valence-corrected chi connectivity index (χ3v) is 6.36. The molecule has 0 spiro atoms. The highest BCUT2D eigenvalue weighted by Gasteiger charge is 2.47. The number of likely N-dealkylation sites (tertiary alicyclic amines) is 1. The van der Waals surface area contributed by atoms with E-state index < -0.39 is 17.7 Å². The average molecular weight is 495 g/mol. The first-order valence-electron chi connectivity index (χ1n) is 12.4. The summed E-state index contributed by atoms with van der Waals surface area (Å²) in [7, 11) is 5.44. The molecule has 0 aliphatic carbocycles. The number of methoxy groups -OCH3 is 1. The summed E-state index contributed by atoms with van der Waals surface area (Å²) >= 11 is 0. The molecule has 1 aliphatic rings. The van der Waals surface area contributed by atoms with Gasteiger partial charge in [-0.1, -0.05) is 32.0 Å². The van der Waals surface area contributed by atoms with E-state index in [4.69, 9.17) is 9.47 Å². The van der Waals surface area contributed by atoms with E-state index in [9.17, 15) is 14.7 Å². The van der Waals surface area contributed by atoms with Gasteiger partial charge in [-0.25, -0.2) is 0 Å². The molecule has 1 heterocycles. The minimum absolute atomic E-state index is 0.0709. The Morgan fingerprint density at radius 1 is 1.08 bits per heavy atom. The predicted octanol–water partition coefficient (Wildman–Crippen LogP) is 4.90. The summed E-state index contributed by atoms with van der Waals surface area (Å²) < 4.78 is 11.6. The van der Waals surface area contributed by atoms with Crippen molar-refractivity contribution in [2.45, 2.75) is 52.7 Å². The molecule has 1 N–H and O–H groups in total. The monoisotopic (exact) mass is 494 g/mol. The second-order valence-electron chi connectivity index (χ2n) is 10.1. The summed E-state index contributed by atoms with van der Waals surface area (Å²) in [5, 5.41) is 11.6. The Labute approximate surface area is 214 Å². The zero-order valence-electron chi connectivity index (χ0n) is 22.6. The van der Waals surface area contributed by atoms with Gasteiger partial charge >= 0.3 is 0 Å². The fourth-order valence-corrected chi connectivity index (χ4v) is 4.54. The molecular formula is C29H38N2O5. The van der Waals surface area contributed by atoms with Crippen LogP contribution in [0.25, 0.3) is 5.76 Å². The maximum atomic E-state index is 13.5. The Kier molecular flexibility index (Phi) is 8.46. The van der Waals surface area contributed by atoms with Gasteiger partial charge in [0, 0.05) is 24.2 Å². The number of likely N-dealkylation sites (N-methyl/N-ethyl adjacent to an activating group) is 1. The summed E-state index contributed by atoms with van der Waals surface area (Å²) in [6, 6.07) is 10.3. The van der Waals surface area contributed by atoms with E-state index in [1.807, 2.05) is 90.0 Å². The number of aryl methyl sites for hydroxylation is 1. The van der Waals surface area contributed by atoms with Gasteiger partial charge in [-0.3, -0.25) is 9.59 Å². The van der Waals surface area contributed by atoms with E-state index in [1.165, 1.54) is 0 Å². The Hall–Kier alpha value is -3.32. The lowest BCUT2D eigenvalue weighted by Gasteiger charge is -2.28. The highest BCUT2D eigenvalue weighted by molar-refractivity contribution is 6.46. The fourth-order valence-electron chi connectivity index (χ4n) is 4.54. The van der Waals surface area contributed by atoms with Crippen LogP contribution in [0.2, 0.25) is 0 Å². The first-order chi connectivity index (χ1) is 17.0. The first kappa shape index (κ1) is 27.3. The summed E-state index contributed by atoms with van der Waals surface area (Å²) in [5.41, 5.74) is 2.91. The molecule has 1 atom stereocenters. The zero-order valence-corrected chi connectivity index (χ0v) is 22.6. The third-order valence-electron chi connectivity index (χ3n) is 6.36. The summed E-state index contributed by atoms with van der Waals surface area (Å²) in [6.45, 7) is 10.7. The number of Topliss-reactive ketones (excluding diaryl/α,β-unsaturated/α-hetero) is 1. The second kappa shape index (κ2) is 11.2. The lowest BCUT2D eigenvalue weighted by atomic mass is 9.90. The maximum Gasteiger partial charge on any atom is 0.295 e. The number of aliphatic hydroxyl groups excluding tert-OH is 1. The van der Waals surface area contributed by atoms with Gasteiger partial charge in [0.15, 0.2) is 0 Å². The van der Waals surface area contributed by atoms with Crippen LogP contribution >= 0.6 is 0 Å². The number of nitrogens with zero attached hydrogens (tertiary/aromatic N) is 2. The van der Waals surface area contributed by atoms with Crippen molar-refractivity contribution in [1.82, 2.24) is 9.80 Å². The van der Waals surface area contributed by atoms with Crippen molar-refractivity contribution >= 4 is 17.4 Å². The van der Waals surface area contributed by atoms with E-state index >= 15 is 0 Å². The predicted molar refractivity (Wildman–Crippen MR) is 142 cm³/mol. The average Bonchev–Trinajstić information content (AvgIpc) is 3.06. The van der Waals surface area contributed by atoms with Gasteiger partial charge in [-0.2, -0.15) is 0 Å². The van der Waals surface area contributed by atoms with E-state index in [-0.39, 0.29) is 23.4 Å². The molecule has 7 heteroatoms. The molecule has 0 radical (unpaired) electrons. The molecule has 1 unspecified atom stereocenters. The van der Waals surface area contributed by atoms with Crippen LogP contribution in [-0.2, 0) is 9.59 Å². The number of para-hydroxylation sites is 1. The molecule has 1 saturated heterocycles. The molecule has 36 heavy (non-hydrogen) atoms. The van der Waals surface area contributed by atoms with Crippen LogP contribution in [0.1, 0.15) is 61.9 Å². The van der Waals surface area contributed by atoms with Crippen molar-refractivity contribution in [3.8, 4) is 11.5 Å². The number of hydrogen-bond acceptors (Lipinski definition) is 6. The van der Waals surface area contributed by atoms with Gasteiger partial charge < -0.3 is 24.4 Å². The summed E-state index contributed by atoms with van der Waals surface area (Å²) in [6.07, 6.45) is -0.104. The van der Waals surface area contributed by atoms with Gasteiger partial charge in [0.2, 0.25) is 0 Å². The van der Waals surface area contributed by atoms with Crippen LogP contribution in [-0.4, -0.2) is 67.0 Å². The van der Waals surface area contributed by atoms with Gasteiger partial charge in [-0.15, -0.1) is 0 Å². The smallest absolute Gasteiger partial charge is 0.295 e. The van der Waals surface area contributed by atoms with Crippen LogP contribution in [0, 0.1) is 6.92 Å². The van der Waals surface area contributed by atoms with Crippen LogP contribution in [0.3, 0.4) is 0 Å². The molecule has 2 aromatic carbocycles. The van der Waals surface area contributed by atoms with Crippen molar-refractivity contribution in [1.29, 1.82) is 0 Å². The van der Waals surface area contributed by atoms with Crippen LogP contribution in [0.4, 0.5) is 0 Å². The Morgan fingerprint density at radius 2 is 1.75 bits per heavy atom. The molecule has 0 saturated carbocycles. The number of amides is 1. The number of ether oxygens (including phenoxy) is 2. The van der Waals surface area contributed by atoms with Gasteiger partial charge in [0.05, 0.1) is 24.8 Å². The largest absolute Gasteiger partial charge is 0.507 e. The SMILES string of the molecule is COc1cc(C)c(/C(O)=C2\C(=O)C(=O)N(CCN(C)C)C2c2ccccc2OC(C)C)cc1C(C)C. The van der Waals surface area contributed by atoms with Crippen LogP contribution in [0.15, 0.2) is 42.0 Å². The summed E-state index contributed by atoms with van der Waals surface area (Å²) in [4.78, 5) is 30.2. The molecule has 2 aromatic rings. The number of benzene rings is 2. The molecular weight excluding hydrogens is 456 g/mol. The molecule has 1 fully saturated rings. The zero-order chi connectivity index (χ0) is 26.7. The van der Waals surface area contributed by atoms with Gasteiger partial charge in [-0.05, 0) is 70.1 Å². The number of carbonyl (C=O) groups excluding carboxylic acids is 2. The third kappa shape index (κ3) is 5.41. The lowest BCUT2D eigenvalue weighted by Crippen LogP contribution is -2.35. The topological polar surface area (TPSA) is 79.3 Å². The van der Waals surface area contributed by atoms with Crippen LogP contribution in [0.5, 0.6) is 11.5 Å². The van der Waals surface area contributed by atoms with Crippen molar-refractivity contribution in [3.63, 3.8) is 0 Å². The minimum Gasteiger partial charge on any atom is -0.507 e. The number of rotatable bonds is 9. The highest BCUT2D eigenvalue weighted by atomic mass is 16.5. The van der Waals surface area contributed by atoms with Gasteiger partial charge in [0.25, 0.3) is 11.7 Å². The lowest BCUT2D eigenvalue weighted by molar-refractivity contribution is -0.140. The van der Waals surface area contributed by atoms with Crippen LogP contribution < -0.4 is 9.47 Å². The van der Waals surface area contributed by atoms with E-state index in [2.05, 4.69) is 0 Å². The molecule has 1 aliphatic heterocycles. The molecule has 194 valence electrons. The Morgan fingerprint density at radius 3 is 2.33 bits per heavy atom. The van der Waals surface area contributed by atoms with Crippen molar-refractivity contribution in [3.05, 3.63) is 64.2 Å². The first-order valence-corrected chi connectivity index (χ1v) is 12.4. The Balaban J connectivity index is 2.28. The molecule has 0 bridgehead atoms. The fraction of sp³-hybridized carbons (Fsp3) is 0.448. The van der Waals surface area contributed by atoms with E-state index in [0.29, 0.717) is 30.0 Å². The van der Waals surface area contributed by atoms with Crippen molar-refractivity contribution < 1.29 is 24.2 Å². The van der Waals surface area contributed by atoms with Gasteiger partial charge in [0.1, 0.15) is 17.3 Å². The molecule has 7 nitrogen and oxygen atoms in total. The molecule has 0 aromatic heterocycles. The highest BCUT2D eigenvalue weighted by Crippen LogP contribution is 2.44. The minimum atomic E-state index is -0.774. The molecule has 3 rings (SSSR count). The number of ketones is 1. The molecule has 1 amide bonds. The Bertz CT molecular complexity index is 1170. The number of aliphatic hydroxyl groups is 1. The van der Waals surface area contributed by atoms with Crippen molar-refractivity contribution in [2.75, 3.05) is 34.3 Å². The maximum absolute atomic E-state index is 13.5. The second-order valence-corrected chi connectivity index (χ2v) is 10.1. The van der Waals surface area contributed by atoms with Crippen molar-refractivity contribution in [2.24, 2.45) is 0 Å². The van der Waals surface area contributed by atoms with E-state index in [1.54, 1.807) is 12.0 Å². The normalized spacial score (nSPS) is 17.5. The number of hydrogen-bond donors (Lipinski definition) is 1. The quantitative estimate of drug-likeness (QED) is 0.304. The standard InChI is InChI=1S/C29H38N2O5/c1-17(2)21-16-22(19(5)15-24(21)35-8)27(32)25-26(20-11-9-10-12-23(20)36-18(3)4)31(14-13-30(6)7)29(34)28(25)33/h9-12,15-18,26,32H,13-14H2,1-8H3/b27-25+. The van der Waals surface area contributed by atoms with E-state index in [0.717, 1.165) is 16.9 Å². The summed E-state index contributed by atoms with van der Waals surface area (Å²) in [5.74, 6) is -0.0835.